The van der Waals surface area contributed by atoms with Crippen LogP contribution in [0.2, 0.25) is 0 Å². The highest BCUT2D eigenvalue weighted by atomic mass is 19.2. The average molecular weight is 266 g/mol. The number of nitriles is 1. The molecule has 1 N–H and O–H groups in total. The number of anilines is 2. The Morgan fingerprint density at radius 3 is 2.47 bits per heavy atom. The van der Waals surface area contributed by atoms with Crippen molar-refractivity contribution < 1.29 is 13.2 Å². The molecule has 0 aliphatic carbocycles. The molecule has 1 aromatic heterocycles. The van der Waals surface area contributed by atoms with E-state index in [-0.39, 0.29) is 17.1 Å². The fourth-order valence-electron chi connectivity index (χ4n) is 1.68. The Hall–Kier alpha value is -2.49. The van der Waals surface area contributed by atoms with Crippen LogP contribution < -0.4 is 5.32 Å². The summed E-state index contributed by atoms with van der Waals surface area (Å²) in [6.45, 7) is 1.62. The monoisotopic (exact) mass is 266 g/mol. The molecule has 0 unspecified atom stereocenters. The van der Waals surface area contributed by atoms with Gasteiger partial charge in [-0.3, -0.25) is 4.68 Å². The summed E-state index contributed by atoms with van der Waals surface area (Å²) in [5.74, 6) is -3.20. The van der Waals surface area contributed by atoms with E-state index in [2.05, 4.69) is 10.4 Å². The molecule has 0 fully saturated rings. The molecule has 0 amide bonds. The minimum Gasteiger partial charge on any atom is -0.337 e. The number of hydrogen-bond acceptors (Lipinski definition) is 3. The lowest BCUT2D eigenvalue weighted by molar-refractivity contribution is 0.496. The summed E-state index contributed by atoms with van der Waals surface area (Å²) in [7, 11) is 1.55. The Morgan fingerprint density at radius 2 is 1.84 bits per heavy atom. The maximum atomic E-state index is 13.5. The van der Waals surface area contributed by atoms with Gasteiger partial charge in [0, 0.05) is 19.2 Å². The molecule has 1 heterocycles. The van der Waals surface area contributed by atoms with Crippen molar-refractivity contribution in [3.63, 3.8) is 0 Å². The van der Waals surface area contributed by atoms with E-state index in [1.165, 1.54) is 4.68 Å². The molecular weight excluding hydrogens is 257 g/mol. The van der Waals surface area contributed by atoms with Crippen molar-refractivity contribution in [2.24, 2.45) is 7.05 Å². The SMILES string of the molecule is Cc1nn(C)c(Nc2cc(F)c(F)cc2F)c1C#N. The fourth-order valence-corrected chi connectivity index (χ4v) is 1.68. The molecule has 0 radical (unpaired) electrons. The van der Waals surface area contributed by atoms with E-state index in [1.54, 1.807) is 14.0 Å². The number of aromatic nitrogens is 2. The van der Waals surface area contributed by atoms with Crippen LogP contribution in [0.1, 0.15) is 11.3 Å². The van der Waals surface area contributed by atoms with Gasteiger partial charge in [-0.15, -0.1) is 0 Å². The highest BCUT2D eigenvalue weighted by Crippen LogP contribution is 2.25. The zero-order valence-electron chi connectivity index (χ0n) is 10.1. The first-order chi connectivity index (χ1) is 8.93. The lowest BCUT2D eigenvalue weighted by Gasteiger charge is -2.08. The highest BCUT2D eigenvalue weighted by Gasteiger charge is 2.16. The largest absolute Gasteiger partial charge is 0.337 e. The predicted molar refractivity (Wildman–Crippen MR) is 62.3 cm³/mol. The number of benzene rings is 1. The first-order valence-corrected chi connectivity index (χ1v) is 5.29. The molecule has 0 bridgehead atoms. The first kappa shape index (κ1) is 13.0. The molecule has 0 spiro atoms. The molecular formula is C12H9F3N4. The van der Waals surface area contributed by atoms with Gasteiger partial charge in [-0.25, -0.2) is 13.2 Å². The smallest absolute Gasteiger partial charge is 0.161 e. The summed E-state index contributed by atoms with van der Waals surface area (Å²) in [5, 5.41) is 15.5. The van der Waals surface area contributed by atoms with Crippen LogP contribution in [-0.4, -0.2) is 9.78 Å². The third-order valence-corrected chi connectivity index (χ3v) is 2.60. The summed E-state index contributed by atoms with van der Waals surface area (Å²) in [4.78, 5) is 0. The first-order valence-electron chi connectivity index (χ1n) is 5.29. The second-order valence-electron chi connectivity index (χ2n) is 3.92. The van der Waals surface area contributed by atoms with Crippen molar-refractivity contribution in [1.82, 2.24) is 9.78 Å². The van der Waals surface area contributed by atoms with Gasteiger partial charge >= 0.3 is 0 Å². The zero-order chi connectivity index (χ0) is 14.2. The number of rotatable bonds is 2. The molecule has 0 saturated carbocycles. The lowest BCUT2D eigenvalue weighted by Crippen LogP contribution is -2.03. The van der Waals surface area contributed by atoms with E-state index in [1.807, 2.05) is 6.07 Å². The Bertz CT molecular complexity index is 685. The fraction of sp³-hybridized carbons (Fsp3) is 0.167. The van der Waals surface area contributed by atoms with E-state index in [4.69, 9.17) is 5.26 Å². The number of aryl methyl sites for hydroxylation is 2. The van der Waals surface area contributed by atoms with E-state index < -0.39 is 17.5 Å². The topological polar surface area (TPSA) is 53.6 Å². The number of halogens is 3. The Labute approximate surface area is 107 Å². The molecule has 4 nitrogen and oxygen atoms in total. The summed E-state index contributed by atoms with van der Waals surface area (Å²) in [6.07, 6.45) is 0. The molecule has 0 atom stereocenters. The summed E-state index contributed by atoms with van der Waals surface area (Å²) in [5.41, 5.74) is 0.403. The Kier molecular flexibility index (Phi) is 3.17. The van der Waals surface area contributed by atoms with Crippen LogP contribution in [0.15, 0.2) is 12.1 Å². The second kappa shape index (κ2) is 4.65. The second-order valence-corrected chi connectivity index (χ2v) is 3.92. The maximum Gasteiger partial charge on any atom is 0.161 e. The molecule has 0 aliphatic rings. The molecule has 19 heavy (non-hydrogen) atoms. The van der Waals surface area contributed by atoms with Gasteiger partial charge in [0.2, 0.25) is 0 Å². The average Bonchev–Trinajstić information content (AvgIpc) is 2.60. The van der Waals surface area contributed by atoms with Crippen LogP contribution in [0.5, 0.6) is 0 Å². The zero-order valence-corrected chi connectivity index (χ0v) is 10.1. The van der Waals surface area contributed by atoms with Crippen molar-refractivity contribution in [2.45, 2.75) is 6.92 Å². The van der Waals surface area contributed by atoms with Gasteiger partial charge in [0.05, 0.1) is 11.4 Å². The Balaban J connectivity index is 2.48. The quantitative estimate of drug-likeness (QED) is 0.850. The van der Waals surface area contributed by atoms with Crippen molar-refractivity contribution in [2.75, 3.05) is 5.32 Å². The van der Waals surface area contributed by atoms with Gasteiger partial charge in [-0.1, -0.05) is 0 Å². The summed E-state index contributed by atoms with van der Waals surface area (Å²) >= 11 is 0. The van der Waals surface area contributed by atoms with Gasteiger partial charge in [-0.2, -0.15) is 10.4 Å². The minimum absolute atomic E-state index is 0.213. The third-order valence-electron chi connectivity index (χ3n) is 2.60. The van der Waals surface area contributed by atoms with Crippen LogP contribution in [0.3, 0.4) is 0 Å². The van der Waals surface area contributed by atoms with Gasteiger partial charge in [-0.05, 0) is 6.92 Å². The lowest BCUT2D eigenvalue weighted by atomic mass is 10.2. The van der Waals surface area contributed by atoms with Gasteiger partial charge in [0.15, 0.2) is 11.6 Å². The van der Waals surface area contributed by atoms with Gasteiger partial charge in [0.25, 0.3) is 0 Å². The van der Waals surface area contributed by atoms with Crippen LogP contribution in [0.4, 0.5) is 24.7 Å². The van der Waals surface area contributed by atoms with Crippen molar-refractivity contribution in [3.05, 3.63) is 40.8 Å². The third kappa shape index (κ3) is 2.25. The Morgan fingerprint density at radius 1 is 1.21 bits per heavy atom. The van der Waals surface area contributed by atoms with Crippen molar-refractivity contribution in [3.8, 4) is 6.07 Å². The molecule has 2 aromatic rings. The summed E-state index contributed by atoms with van der Waals surface area (Å²) < 4.78 is 40.7. The van der Waals surface area contributed by atoms with Crippen LogP contribution >= 0.6 is 0 Å². The molecule has 7 heteroatoms. The molecule has 0 aliphatic heterocycles. The number of hydrogen-bond donors (Lipinski definition) is 1. The maximum absolute atomic E-state index is 13.5. The molecule has 2 rings (SSSR count). The highest BCUT2D eigenvalue weighted by molar-refractivity contribution is 5.64. The van der Waals surface area contributed by atoms with Crippen LogP contribution in [-0.2, 0) is 7.05 Å². The minimum atomic E-state index is -1.27. The standard InChI is InChI=1S/C12H9F3N4/c1-6-7(5-16)12(19(2)18-6)17-11-4-9(14)8(13)3-10(11)15/h3-4,17H,1-2H3. The number of nitrogens with one attached hydrogen (secondary N) is 1. The molecule has 0 saturated heterocycles. The van der Waals surface area contributed by atoms with E-state index in [0.29, 0.717) is 17.8 Å². The van der Waals surface area contributed by atoms with Crippen molar-refractivity contribution in [1.29, 1.82) is 5.26 Å². The van der Waals surface area contributed by atoms with Gasteiger partial charge in [0.1, 0.15) is 23.3 Å². The van der Waals surface area contributed by atoms with Crippen LogP contribution in [0.25, 0.3) is 0 Å². The normalized spacial score (nSPS) is 10.3. The van der Waals surface area contributed by atoms with E-state index >= 15 is 0 Å². The molecule has 1 aromatic carbocycles. The van der Waals surface area contributed by atoms with E-state index in [9.17, 15) is 13.2 Å². The molecule has 98 valence electrons. The van der Waals surface area contributed by atoms with E-state index in [0.717, 1.165) is 0 Å². The predicted octanol–water partition coefficient (Wildman–Crippen LogP) is 2.76. The van der Waals surface area contributed by atoms with Crippen molar-refractivity contribution >= 4 is 11.5 Å². The van der Waals surface area contributed by atoms with Gasteiger partial charge < -0.3 is 5.32 Å². The summed E-state index contributed by atoms with van der Waals surface area (Å²) in [6, 6.07) is 3.04. The number of nitrogens with zero attached hydrogens (tertiary/aromatic N) is 3. The van der Waals surface area contributed by atoms with Crippen LogP contribution in [0, 0.1) is 35.7 Å².